The van der Waals surface area contributed by atoms with E-state index in [9.17, 15) is 0 Å². The van der Waals surface area contributed by atoms with Crippen LogP contribution in [0.3, 0.4) is 0 Å². The largest absolute Gasteiger partial charge is 0.692 e. The highest BCUT2D eigenvalue weighted by atomic mass is 31.1. The maximum absolute atomic E-state index is 8.70. The molecule has 0 bridgehead atoms. The van der Waals surface area contributed by atoms with Crippen LogP contribution in [0.25, 0.3) is 22.3 Å². The summed E-state index contributed by atoms with van der Waals surface area (Å²) < 4.78 is 17.4. The van der Waals surface area contributed by atoms with Crippen molar-refractivity contribution in [2.45, 2.75) is 65.7 Å². The summed E-state index contributed by atoms with van der Waals surface area (Å²) in [7, 11) is -5.74. The molecule has 0 aliphatic carbocycles. The van der Waals surface area contributed by atoms with Gasteiger partial charge < -0.3 is 0 Å². The lowest BCUT2D eigenvalue weighted by Gasteiger charge is -2.19. The third kappa shape index (κ3) is 11.6. The topological polar surface area (TPSA) is 115 Å². The smallest absolute Gasteiger partial charge is 0.134 e. The van der Waals surface area contributed by atoms with Gasteiger partial charge in [-0.25, -0.2) is 0 Å². The molecule has 3 aromatic rings. The van der Waals surface area contributed by atoms with Gasteiger partial charge in [-0.05, 0) is 64.6 Å². The zero-order chi connectivity index (χ0) is 26.9. The quantitative estimate of drug-likeness (QED) is 0.212. The van der Waals surface area contributed by atoms with Gasteiger partial charge in [0, 0.05) is 9.13 Å². The van der Waals surface area contributed by atoms with E-state index in [2.05, 4.69) is 87.5 Å². The Morgan fingerprint density at radius 1 is 0.556 bits per heavy atom. The molecule has 0 atom stereocenters. The van der Waals surface area contributed by atoms with Crippen LogP contribution in [0.15, 0.2) is 66.7 Å². The van der Waals surface area contributed by atoms with Crippen LogP contribution < -0.4 is 0 Å². The van der Waals surface area contributed by atoms with Crippen molar-refractivity contribution in [3.8, 4) is 22.3 Å². The molecule has 0 radical (unpaired) electrons. The molecule has 0 unspecified atom stereocenters. The van der Waals surface area contributed by atoms with E-state index in [1.807, 2.05) is 0 Å². The standard InChI is InChI=1S/C28H34.2HO3P/c1-4-7-13-25-21-18-24(11-5-2)27(12-6-3)28(25)26-19-16-23(17-20-26)22-14-9-8-10-15-22;2*1-4(2)3/h8-10,14-21H,4-7,11-13H2,1-3H3;2*(H-,1,2,3)/p+2. The third-order valence-corrected chi connectivity index (χ3v) is 5.60. The van der Waals surface area contributed by atoms with Crippen molar-refractivity contribution in [3.05, 3.63) is 83.4 Å². The van der Waals surface area contributed by atoms with Crippen LogP contribution in [0.4, 0.5) is 0 Å². The van der Waals surface area contributed by atoms with E-state index < -0.39 is 16.5 Å². The Kier molecular flexibility index (Phi) is 15.9. The third-order valence-electron chi connectivity index (χ3n) is 5.60. The highest BCUT2D eigenvalue weighted by Gasteiger charge is 2.14. The maximum atomic E-state index is 8.70. The van der Waals surface area contributed by atoms with Gasteiger partial charge in [0.05, 0.1) is 0 Å². The van der Waals surface area contributed by atoms with Crippen LogP contribution in [0.5, 0.6) is 0 Å². The fourth-order valence-corrected chi connectivity index (χ4v) is 4.17. The average molecular weight is 533 g/mol. The number of aryl methyl sites for hydroxylation is 2. The Morgan fingerprint density at radius 2 is 1.03 bits per heavy atom. The minimum atomic E-state index is -2.87. The number of hydrogen-bond acceptors (Lipinski definition) is 2. The number of hydrogen-bond donors (Lipinski definition) is 4. The van der Waals surface area contributed by atoms with Gasteiger partial charge in [0.15, 0.2) is 0 Å². The van der Waals surface area contributed by atoms with Crippen molar-refractivity contribution in [2.75, 3.05) is 0 Å². The molecule has 0 spiro atoms. The molecule has 0 saturated heterocycles. The summed E-state index contributed by atoms with van der Waals surface area (Å²) in [5, 5.41) is 0. The van der Waals surface area contributed by atoms with Gasteiger partial charge in [-0.1, -0.05) is 107 Å². The summed E-state index contributed by atoms with van der Waals surface area (Å²) in [6.45, 7) is 6.87. The van der Waals surface area contributed by atoms with E-state index in [0.717, 1.165) is 0 Å². The van der Waals surface area contributed by atoms with Crippen LogP contribution >= 0.6 is 16.5 Å². The summed E-state index contributed by atoms with van der Waals surface area (Å²) >= 11 is 0. The average Bonchev–Trinajstić information content (AvgIpc) is 2.84. The molecule has 0 heterocycles. The number of unbranched alkanes of at least 4 members (excludes halogenated alkanes) is 1. The fraction of sp³-hybridized carbons (Fsp3) is 0.357. The molecule has 0 fully saturated rings. The molecule has 8 heteroatoms. The van der Waals surface area contributed by atoms with E-state index >= 15 is 0 Å². The second-order valence-corrected chi connectivity index (χ2v) is 9.30. The zero-order valence-corrected chi connectivity index (χ0v) is 23.1. The fourth-order valence-electron chi connectivity index (χ4n) is 4.17. The predicted octanol–water partition coefficient (Wildman–Crippen LogP) is 7.53. The van der Waals surface area contributed by atoms with Crippen molar-refractivity contribution < 1.29 is 28.7 Å². The number of rotatable bonds is 9. The van der Waals surface area contributed by atoms with Crippen molar-refractivity contribution in [1.29, 1.82) is 0 Å². The van der Waals surface area contributed by atoms with Crippen molar-refractivity contribution in [2.24, 2.45) is 0 Å². The Balaban J connectivity index is 0.000000709. The first-order valence-corrected chi connectivity index (χ1v) is 14.6. The lowest BCUT2D eigenvalue weighted by atomic mass is 9.85. The number of benzene rings is 3. The molecule has 36 heavy (non-hydrogen) atoms. The van der Waals surface area contributed by atoms with E-state index in [4.69, 9.17) is 28.7 Å². The molecule has 0 aliphatic heterocycles. The van der Waals surface area contributed by atoms with Crippen molar-refractivity contribution in [3.63, 3.8) is 0 Å². The first-order chi connectivity index (χ1) is 17.2. The minimum Gasteiger partial charge on any atom is -0.134 e. The molecule has 0 aromatic heterocycles. The molecular formula is C28H38O6P2+2. The Bertz CT molecular complexity index is 1050. The Labute approximate surface area is 216 Å². The Hall–Kier alpha value is -2.30. The maximum Gasteiger partial charge on any atom is 0.692 e. The van der Waals surface area contributed by atoms with E-state index in [-0.39, 0.29) is 0 Å². The second kappa shape index (κ2) is 18.0. The van der Waals surface area contributed by atoms with E-state index in [1.165, 1.54) is 72.8 Å². The van der Waals surface area contributed by atoms with Crippen molar-refractivity contribution in [1.82, 2.24) is 0 Å². The predicted molar refractivity (Wildman–Crippen MR) is 148 cm³/mol. The normalized spacial score (nSPS) is 9.97. The molecule has 4 N–H and O–H groups in total. The molecule has 0 saturated carbocycles. The van der Waals surface area contributed by atoms with Gasteiger partial charge in [-0.3, -0.25) is 0 Å². The van der Waals surface area contributed by atoms with Crippen LogP contribution in [0.2, 0.25) is 0 Å². The van der Waals surface area contributed by atoms with Gasteiger partial charge in [0.2, 0.25) is 0 Å². The second-order valence-electron chi connectivity index (χ2n) is 8.29. The van der Waals surface area contributed by atoms with Gasteiger partial charge in [-0.2, -0.15) is 0 Å². The summed E-state index contributed by atoms with van der Waals surface area (Å²) in [6, 6.07) is 24.7. The first-order valence-electron chi connectivity index (χ1n) is 12.2. The van der Waals surface area contributed by atoms with Gasteiger partial charge in [0.25, 0.3) is 0 Å². The van der Waals surface area contributed by atoms with E-state index in [0.29, 0.717) is 0 Å². The first kappa shape index (κ1) is 31.7. The SMILES string of the molecule is CCCCc1ccc(CCC)c(CCC)c1-c1ccc(-c2ccccc2)cc1.O=[P+](O)O.O=[P+](O)O. The summed E-state index contributed by atoms with van der Waals surface area (Å²) in [4.78, 5) is 28.5. The summed E-state index contributed by atoms with van der Waals surface area (Å²) in [5.41, 5.74) is 10.1. The monoisotopic (exact) mass is 532 g/mol. The molecule has 6 nitrogen and oxygen atoms in total. The lowest BCUT2D eigenvalue weighted by Crippen LogP contribution is -2.02. The van der Waals surface area contributed by atoms with Crippen molar-refractivity contribution >= 4 is 16.5 Å². The van der Waals surface area contributed by atoms with E-state index in [1.54, 1.807) is 11.1 Å². The summed E-state index contributed by atoms with van der Waals surface area (Å²) in [6.07, 6.45) is 8.43. The minimum absolute atomic E-state index is 1.17. The van der Waals surface area contributed by atoms with Crippen LogP contribution in [-0.4, -0.2) is 19.6 Å². The molecule has 194 valence electrons. The van der Waals surface area contributed by atoms with Gasteiger partial charge in [0.1, 0.15) is 0 Å². The highest BCUT2D eigenvalue weighted by molar-refractivity contribution is 7.31. The van der Waals surface area contributed by atoms with Gasteiger partial charge in [-0.15, -0.1) is 19.6 Å². The molecule has 0 amide bonds. The van der Waals surface area contributed by atoms with Crippen LogP contribution in [0.1, 0.15) is 63.1 Å². The molecular weight excluding hydrogens is 494 g/mol. The van der Waals surface area contributed by atoms with Crippen LogP contribution in [0, 0.1) is 0 Å². The highest BCUT2D eigenvalue weighted by Crippen LogP contribution is 2.34. The zero-order valence-electron chi connectivity index (χ0n) is 21.3. The van der Waals surface area contributed by atoms with Gasteiger partial charge >= 0.3 is 16.5 Å². The van der Waals surface area contributed by atoms with Crippen LogP contribution in [-0.2, 0) is 28.4 Å². The molecule has 3 rings (SSSR count). The lowest BCUT2D eigenvalue weighted by molar-refractivity contribution is 0.403. The molecule has 0 aliphatic rings. The summed E-state index contributed by atoms with van der Waals surface area (Å²) in [5.74, 6) is 0. The molecule has 3 aromatic carbocycles. The Morgan fingerprint density at radius 3 is 1.53 bits per heavy atom.